The van der Waals surface area contributed by atoms with Crippen molar-refractivity contribution >= 4 is 59.3 Å². The summed E-state index contributed by atoms with van der Waals surface area (Å²) in [6.45, 7) is 12.7. The predicted octanol–water partition coefficient (Wildman–Crippen LogP) is 6.40. The van der Waals surface area contributed by atoms with Crippen LogP contribution in [-0.4, -0.2) is 73.6 Å². The number of aromatic nitrogens is 1. The van der Waals surface area contributed by atoms with Gasteiger partial charge in [0.1, 0.15) is 16.5 Å². The minimum Gasteiger partial charge on any atom is -0.506 e. The van der Waals surface area contributed by atoms with Crippen molar-refractivity contribution in [3.63, 3.8) is 0 Å². The van der Waals surface area contributed by atoms with Crippen LogP contribution < -0.4 is 10.6 Å². The fourth-order valence-corrected chi connectivity index (χ4v) is 6.38. The van der Waals surface area contributed by atoms with Crippen LogP contribution in [0.1, 0.15) is 121 Å². The highest BCUT2D eigenvalue weighted by Gasteiger charge is 2.31. The summed E-state index contributed by atoms with van der Waals surface area (Å²) in [6, 6.07) is 3.79. The van der Waals surface area contributed by atoms with Gasteiger partial charge in [-0.05, 0) is 49.3 Å². The summed E-state index contributed by atoms with van der Waals surface area (Å²) >= 11 is 5.61. The molecule has 2 aromatic rings. The second-order valence-electron chi connectivity index (χ2n) is 13.9. The fourth-order valence-electron chi connectivity index (χ4n) is 5.43. The molecular formula is C36H54N4O8S2. The number of hydrogen-bond acceptors (Lipinski definition) is 10. The van der Waals surface area contributed by atoms with Crippen molar-refractivity contribution in [2.45, 2.75) is 123 Å². The number of aliphatic carboxylic acids is 1. The van der Waals surface area contributed by atoms with Gasteiger partial charge in [0, 0.05) is 55.4 Å². The number of carboxylic acids is 1. The molecule has 0 aliphatic rings. The SMILES string of the molecule is CCCCC(=O)N(C)[C@H](C[C@@H](OC(C)=O)c1nc(C(=O)N[C@@H](Cc2ccc(O)c(NC(=O)CCC(C)(C)S)c2)CC(C)C(=O)O)cs1)C(C)C. The molecule has 0 fully saturated rings. The van der Waals surface area contributed by atoms with E-state index in [2.05, 4.69) is 28.2 Å². The number of thiol groups is 1. The summed E-state index contributed by atoms with van der Waals surface area (Å²) in [5.41, 5.74) is 0.940. The topological polar surface area (TPSA) is 175 Å². The summed E-state index contributed by atoms with van der Waals surface area (Å²) < 4.78 is 5.32. The smallest absolute Gasteiger partial charge is 0.306 e. The predicted molar refractivity (Wildman–Crippen MR) is 198 cm³/mol. The standard InChI is InChI=1S/C36H54N4O8S2/c1-9-10-11-32(44)40(8)28(21(2)3)19-30(48-23(5)41)34-39-27(20-50-34)33(45)37-25(16-22(4)35(46)47)17-24-12-13-29(42)26(18-24)38-31(43)14-15-36(6,7)49/h12-13,18,20-22,25,28,30,42,49H,9-11,14-17,19H2,1-8H3,(H,37,45)(H,38,43)(H,46,47)/t22?,25-,28-,30-/m1/s1. The van der Waals surface area contributed by atoms with Crippen LogP contribution in [-0.2, 0) is 30.3 Å². The molecule has 0 radical (unpaired) electrons. The minimum atomic E-state index is -1.02. The number of phenolic OH excluding ortho intramolecular Hbond substituents is 1. The molecule has 278 valence electrons. The van der Waals surface area contributed by atoms with E-state index in [0.717, 1.165) is 24.2 Å². The van der Waals surface area contributed by atoms with Gasteiger partial charge in [0.05, 0.1) is 11.6 Å². The fraction of sp³-hybridized carbons (Fsp3) is 0.611. The third kappa shape index (κ3) is 14.3. The number of carboxylic acid groups (broad SMARTS) is 1. The van der Waals surface area contributed by atoms with E-state index in [0.29, 0.717) is 29.8 Å². The van der Waals surface area contributed by atoms with Crippen molar-refractivity contribution in [2.75, 3.05) is 12.4 Å². The van der Waals surface area contributed by atoms with Crippen molar-refractivity contribution in [3.05, 3.63) is 39.8 Å². The van der Waals surface area contributed by atoms with Crippen molar-refractivity contribution < 1.29 is 38.9 Å². The Morgan fingerprint density at radius 3 is 2.36 bits per heavy atom. The van der Waals surface area contributed by atoms with E-state index >= 15 is 0 Å². The van der Waals surface area contributed by atoms with Gasteiger partial charge in [-0.2, -0.15) is 12.6 Å². The van der Waals surface area contributed by atoms with Gasteiger partial charge in [0.25, 0.3) is 5.91 Å². The van der Waals surface area contributed by atoms with Crippen LogP contribution in [0.5, 0.6) is 5.75 Å². The van der Waals surface area contributed by atoms with E-state index < -0.39 is 35.9 Å². The Kier molecular flexibility index (Phi) is 16.7. The highest BCUT2D eigenvalue weighted by atomic mass is 32.1. The molecule has 0 saturated carbocycles. The molecule has 0 bridgehead atoms. The van der Waals surface area contributed by atoms with Gasteiger partial charge in [-0.15, -0.1) is 11.3 Å². The summed E-state index contributed by atoms with van der Waals surface area (Å²) in [5.74, 6) is -3.21. The zero-order valence-electron chi connectivity index (χ0n) is 30.4. The quantitative estimate of drug-likeness (QED) is 0.0586. The molecule has 14 heteroatoms. The number of carbonyl (C=O) groups excluding carboxylic acids is 4. The first-order valence-corrected chi connectivity index (χ1v) is 18.4. The Bertz CT molecular complexity index is 1470. The van der Waals surface area contributed by atoms with Crippen molar-refractivity contribution in [1.29, 1.82) is 0 Å². The molecule has 0 aliphatic heterocycles. The van der Waals surface area contributed by atoms with Crippen LogP contribution in [0, 0.1) is 11.8 Å². The Labute approximate surface area is 305 Å². The Hall–Kier alpha value is -3.65. The molecule has 1 aromatic heterocycles. The number of amides is 3. The second kappa shape index (κ2) is 19.7. The molecule has 12 nitrogen and oxygen atoms in total. The summed E-state index contributed by atoms with van der Waals surface area (Å²) in [7, 11) is 1.75. The lowest BCUT2D eigenvalue weighted by Gasteiger charge is -2.33. The van der Waals surface area contributed by atoms with Crippen molar-refractivity contribution in [3.8, 4) is 5.75 Å². The number of rotatable bonds is 20. The maximum atomic E-state index is 13.5. The lowest BCUT2D eigenvalue weighted by atomic mass is 9.95. The third-order valence-corrected chi connectivity index (χ3v) is 9.53. The number of carbonyl (C=O) groups is 5. The normalized spacial score (nSPS) is 14.0. The van der Waals surface area contributed by atoms with Crippen LogP contribution >= 0.6 is 24.0 Å². The van der Waals surface area contributed by atoms with Crippen LogP contribution in [0.2, 0.25) is 0 Å². The number of anilines is 1. The molecule has 4 atom stereocenters. The number of phenols is 1. The number of ether oxygens (including phenoxy) is 1. The van der Waals surface area contributed by atoms with Gasteiger partial charge in [-0.25, -0.2) is 4.98 Å². The number of nitrogens with zero attached hydrogens (tertiary/aromatic N) is 2. The number of hydrogen-bond donors (Lipinski definition) is 5. The molecule has 1 aromatic carbocycles. The molecule has 3 amide bonds. The maximum Gasteiger partial charge on any atom is 0.306 e. The largest absolute Gasteiger partial charge is 0.506 e. The number of unbranched alkanes of at least 4 members (excludes halogenated alkanes) is 1. The highest BCUT2D eigenvalue weighted by molar-refractivity contribution is 7.81. The summed E-state index contributed by atoms with van der Waals surface area (Å²) in [5, 5.41) is 27.6. The maximum absolute atomic E-state index is 13.5. The number of aromatic hydroxyl groups is 1. The number of nitrogens with one attached hydrogen (secondary N) is 2. The lowest BCUT2D eigenvalue weighted by molar-refractivity contribution is -0.148. The van der Waals surface area contributed by atoms with E-state index in [9.17, 15) is 34.2 Å². The highest BCUT2D eigenvalue weighted by Crippen LogP contribution is 2.31. The van der Waals surface area contributed by atoms with Crippen LogP contribution in [0.3, 0.4) is 0 Å². The van der Waals surface area contributed by atoms with E-state index in [-0.39, 0.29) is 64.9 Å². The van der Waals surface area contributed by atoms with Gasteiger partial charge in [0.2, 0.25) is 11.8 Å². The average Bonchev–Trinajstić information content (AvgIpc) is 3.52. The molecule has 4 N–H and O–H groups in total. The monoisotopic (exact) mass is 734 g/mol. The van der Waals surface area contributed by atoms with Gasteiger partial charge in [-0.1, -0.05) is 54.0 Å². The zero-order chi connectivity index (χ0) is 37.8. The van der Waals surface area contributed by atoms with Gasteiger partial charge >= 0.3 is 11.9 Å². The van der Waals surface area contributed by atoms with Crippen LogP contribution in [0.25, 0.3) is 0 Å². The Balaban J connectivity index is 2.29. The summed E-state index contributed by atoms with van der Waals surface area (Å²) in [6.07, 6.45) is 2.63. The van der Waals surface area contributed by atoms with Crippen molar-refractivity contribution in [2.24, 2.45) is 11.8 Å². The minimum absolute atomic E-state index is 0.00799. The number of thiazole rings is 1. The molecule has 1 unspecified atom stereocenters. The zero-order valence-corrected chi connectivity index (χ0v) is 32.2. The number of benzene rings is 1. The average molecular weight is 735 g/mol. The lowest BCUT2D eigenvalue weighted by Crippen LogP contribution is -2.41. The first-order chi connectivity index (χ1) is 23.3. The van der Waals surface area contributed by atoms with E-state index in [1.165, 1.54) is 13.0 Å². The Morgan fingerprint density at radius 2 is 1.78 bits per heavy atom. The Morgan fingerprint density at radius 1 is 1.10 bits per heavy atom. The molecule has 0 saturated heterocycles. The van der Waals surface area contributed by atoms with Crippen LogP contribution in [0.4, 0.5) is 5.69 Å². The van der Waals surface area contributed by atoms with Crippen LogP contribution in [0.15, 0.2) is 23.6 Å². The third-order valence-electron chi connectivity index (χ3n) is 8.37. The van der Waals surface area contributed by atoms with E-state index in [1.807, 2.05) is 34.6 Å². The molecule has 1 heterocycles. The van der Waals surface area contributed by atoms with E-state index in [4.69, 9.17) is 4.74 Å². The molecule has 0 aliphatic carbocycles. The van der Waals surface area contributed by atoms with Gasteiger partial charge in [0.15, 0.2) is 6.10 Å². The van der Waals surface area contributed by atoms with E-state index in [1.54, 1.807) is 36.4 Å². The molecule has 50 heavy (non-hydrogen) atoms. The number of esters is 1. The van der Waals surface area contributed by atoms with Gasteiger partial charge < -0.3 is 30.5 Å². The summed E-state index contributed by atoms with van der Waals surface area (Å²) in [4.78, 5) is 69.0. The van der Waals surface area contributed by atoms with Crippen molar-refractivity contribution in [1.82, 2.24) is 15.2 Å². The first-order valence-electron chi connectivity index (χ1n) is 17.1. The second-order valence-corrected chi connectivity index (χ2v) is 16.0. The molecule has 0 spiro atoms. The molecular weight excluding hydrogens is 681 g/mol. The van der Waals surface area contributed by atoms with Gasteiger partial charge in [-0.3, -0.25) is 24.0 Å². The molecule has 2 rings (SSSR count). The first kappa shape index (κ1) is 42.5.